The Kier molecular flexibility index (Phi) is 6.31. The molecule has 0 bridgehead atoms. The van der Waals surface area contributed by atoms with Crippen molar-refractivity contribution < 1.29 is 17.6 Å². The van der Waals surface area contributed by atoms with Crippen molar-refractivity contribution in [1.82, 2.24) is 9.21 Å². The summed E-state index contributed by atoms with van der Waals surface area (Å²) in [4.78, 5) is 17.9. The van der Waals surface area contributed by atoms with Crippen LogP contribution in [-0.2, 0) is 14.8 Å². The van der Waals surface area contributed by atoms with Gasteiger partial charge in [-0.3, -0.25) is 4.79 Å². The van der Waals surface area contributed by atoms with E-state index in [1.54, 1.807) is 4.90 Å². The summed E-state index contributed by atoms with van der Waals surface area (Å²) < 4.78 is 40.3. The van der Waals surface area contributed by atoms with Gasteiger partial charge in [-0.15, -0.1) is 11.8 Å². The first-order chi connectivity index (χ1) is 14.4. The summed E-state index contributed by atoms with van der Waals surface area (Å²) in [5, 5.41) is 0. The van der Waals surface area contributed by atoms with Crippen LogP contribution in [0.3, 0.4) is 0 Å². The molecule has 0 aliphatic carbocycles. The quantitative estimate of drug-likeness (QED) is 0.718. The molecule has 160 valence electrons. The Morgan fingerprint density at radius 2 is 1.77 bits per heavy atom. The molecule has 0 spiro atoms. The van der Waals surface area contributed by atoms with Gasteiger partial charge in [-0.25, -0.2) is 12.8 Å². The summed E-state index contributed by atoms with van der Waals surface area (Å²) in [6, 6.07) is 13.2. The standard InChI is InChI=1S/C21H24FN3O3S2/c22-17-5-3-6-18(15-17)30(27,28)25-12-10-23(11-13-25)21(26)16-24-9-4-14-29-20-8-2-1-7-19(20)24/h1-3,5-8,15H,4,9-14,16H2. The largest absolute Gasteiger partial charge is 0.361 e. The van der Waals surface area contributed by atoms with Crippen molar-refractivity contribution >= 4 is 33.4 Å². The Morgan fingerprint density at radius 1 is 1.00 bits per heavy atom. The predicted octanol–water partition coefficient (Wildman–Crippen LogP) is 2.66. The zero-order valence-electron chi connectivity index (χ0n) is 16.5. The molecule has 0 saturated carbocycles. The molecule has 9 heteroatoms. The number of halogens is 1. The lowest BCUT2D eigenvalue weighted by Crippen LogP contribution is -2.52. The molecule has 0 N–H and O–H groups in total. The van der Waals surface area contributed by atoms with Crippen molar-refractivity contribution in [3.05, 3.63) is 54.3 Å². The predicted molar refractivity (Wildman–Crippen MR) is 116 cm³/mol. The number of fused-ring (bicyclic) bond motifs is 1. The van der Waals surface area contributed by atoms with E-state index in [9.17, 15) is 17.6 Å². The molecule has 2 aromatic rings. The van der Waals surface area contributed by atoms with Crippen LogP contribution in [0.4, 0.5) is 10.1 Å². The summed E-state index contributed by atoms with van der Waals surface area (Å²) in [5.41, 5.74) is 1.08. The normalized spacial score (nSPS) is 18.0. The minimum Gasteiger partial charge on any atom is -0.361 e. The number of para-hydroxylation sites is 1. The molecular weight excluding hydrogens is 425 g/mol. The van der Waals surface area contributed by atoms with Gasteiger partial charge < -0.3 is 9.80 Å². The van der Waals surface area contributed by atoms with Crippen LogP contribution in [0.15, 0.2) is 58.3 Å². The van der Waals surface area contributed by atoms with Crippen LogP contribution >= 0.6 is 11.8 Å². The van der Waals surface area contributed by atoms with Gasteiger partial charge in [0.15, 0.2) is 0 Å². The third-order valence-corrected chi connectivity index (χ3v) is 8.43. The first kappa shape index (κ1) is 21.1. The molecule has 2 aliphatic rings. The van der Waals surface area contributed by atoms with E-state index in [2.05, 4.69) is 11.0 Å². The summed E-state index contributed by atoms with van der Waals surface area (Å²) in [6.45, 7) is 2.18. The monoisotopic (exact) mass is 449 g/mol. The van der Waals surface area contributed by atoms with Gasteiger partial charge >= 0.3 is 0 Å². The Morgan fingerprint density at radius 3 is 2.53 bits per heavy atom. The number of hydrogen-bond acceptors (Lipinski definition) is 5. The maximum Gasteiger partial charge on any atom is 0.243 e. The smallest absolute Gasteiger partial charge is 0.243 e. The Bertz CT molecular complexity index is 1020. The van der Waals surface area contributed by atoms with Gasteiger partial charge in [0.2, 0.25) is 15.9 Å². The number of anilines is 1. The molecular formula is C21H24FN3O3S2. The number of rotatable bonds is 4. The lowest BCUT2D eigenvalue weighted by Gasteiger charge is -2.35. The van der Waals surface area contributed by atoms with Gasteiger partial charge in [-0.2, -0.15) is 4.31 Å². The van der Waals surface area contributed by atoms with Gasteiger partial charge in [0.05, 0.1) is 17.1 Å². The number of carbonyl (C=O) groups excluding carboxylic acids is 1. The second-order valence-corrected chi connectivity index (χ2v) is 10.4. The summed E-state index contributed by atoms with van der Waals surface area (Å²) in [7, 11) is -3.76. The fourth-order valence-corrected chi connectivity index (χ4v) is 6.25. The van der Waals surface area contributed by atoms with Crippen molar-refractivity contribution in [1.29, 1.82) is 0 Å². The summed E-state index contributed by atoms with van der Waals surface area (Å²) in [6.07, 6.45) is 1.01. The van der Waals surface area contributed by atoms with E-state index in [4.69, 9.17) is 0 Å². The SMILES string of the molecule is O=C(CN1CCCSc2ccccc21)N1CCN(S(=O)(=O)c2cccc(F)c2)CC1. The molecule has 2 aliphatic heterocycles. The number of amides is 1. The zero-order chi connectivity index (χ0) is 21.1. The fraction of sp³-hybridized carbons (Fsp3) is 0.381. The van der Waals surface area contributed by atoms with E-state index in [-0.39, 0.29) is 30.4 Å². The molecule has 1 amide bonds. The van der Waals surface area contributed by atoms with Crippen LogP contribution in [0.5, 0.6) is 0 Å². The number of carbonyl (C=O) groups is 1. The third-order valence-electron chi connectivity index (χ3n) is 5.39. The highest BCUT2D eigenvalue weighted by molar-refractivity contribution is 7.99. The van der Waals surface area contributed by atoms with E-state index >= 15 is 0 Å². The highest BCUT2D eigenvalue weighted by Gasteiger charge is 2.31. The topological polar surface area (TPSA) is 60.9 Å². The van der Waals surface area contributed by atoms with Crippen LogP contribution in [0, 0.1) is 5.82 Å². The van der Waals surface area contributed by atoms with E-state index in [1.807, 2.05) is 30.0 Å². The highest BCUT2D eigenvalue weighted by Crippen LogP contribution is 2.33. The molecule has 0 radical (unpaired) electrons. The molecule has 4 rings (SSSR count). The van der Waals surface area contributed by atoms with E-state index in [0.29, 0.717) is 13.1 Å². The van der Waals surface area contributed by atoms with Gasteiger partial charge in [0.1, 0.15) is 5.82 Å². The summed E-state index contributed by atoms with van der Waals surface area (Å²) >= 11 is 1.81. The van der Waals surface area contributed by atoms with Crippen molar-refractivity contribution in [2.24, 2.45) is 0 Å². The van der Waals surface area contributed by atoms with Crippen LogP contribution in [0.1, 0.15) is 6.42 Å². The first-order valence-electron chi connectivity index (χ1n) is 9.95. The van der Waals surface area contributed by atoms with Gasteiger partial charge in [0, 0.05) is 37.6 Å². The lowest BCUT2D eigenvalue weighted by atomic mass is 10.2. The summed E-state index contributed by atoms with van der Waals surface area (Å²) in [5.74, 6) is 0.443. The molecule has 2 aromatic carbocycles. The number of piperazine rings is 1. The number of thioether (sulfide) groups is 1. The number of sulfonamides is 1. The van der Waals surface area contributed by atoms with Crippen molar-refractivity contribution in [2.45, 2.75) is 16.2 Å². The number of hydrogen-bond donors (Lipinski definition) is 0. The average molecular weight is 450 g/mol. The minimum absolute atomic E-state index is 0.000457. The molecule has 0 unspecified atom stereocenters. The maximum absolute atomic E-state index is 13.4. The van der Waals surface area contributed by atoms with E-state index in [0.717, 1.165) is 30.5 Å². The third kappa shape index (κ3) is 4.48. The van der Waals surface area contributed by atoms with Crippen LogP contribution in [0.2, 0.25) is 0 Å². The maximum atomic E-state index is 13.4. The first-order valence-corrected chi connectivity index (χ1v) is 12.4. The Balaban J connectivity index is 1.39. The molecule has 2 heterocycles. The van der Waals surface area contributed by atoms with Crippen LogP contribution in [0.25, 0.3) is 0 Å². The van der Waals surface area contributed by atoms with E-state index in [1.165, 1.54) is 27.4 Å². The van der Waals surface area contributed by atoms with Crippen molar-refractivity contribution in [3.8, 4) is 0 Å². The second kappa shape index (κ2) is 8.95. The molecule has 1 fully saturated rings. The Labute approximate surface area is 180 Å². The molecule has 0 atom stereocenters. The minimum atomic E-state index is -3.76. The number of nitrogens with zero attached hydrogens (tertiary/aromatic N) is 3. The van der Waals surface area contributed by atoms with Gasteiger partial charge in [0.25, 0.3) is 0 Å². The zero-order valence-corrected chi connectivity index (χ0v) is 18.2. The van der Waals surface area contributed by atoms with Crippen molar-refractivity contribution in [2.75, 3.05) is 49.9 Å². The lowest BCUT2D eigenvalue weighted by molar-refractivity contribution is -0.130. The number of benzene rings is 2. The molecule has 6 nitrogen and oxygen atoms in total. The van der Waals surface area contributed by atoms with Crippen molar-refractivity contribution in [3.63, 3.8) is 0 Å². The van der Waals surface area contributed by atoms with Crippen LogP contribution < -0.4 is 4.90 Å². The molecule has 1 saturated heterocycles. The average Bonchev–Trinajstić information content (AvgIpc) is 2.96. The van der Waals surface area contributed by atoms with E-state index < -0.39 is 15.8 Å². The van der Waals surface area contributed by atoms with Gasteiger partial charge in [-0.05, 0) is 42.5 Å². The second-order valence-electron chi connectivity index (χ2n) is 7.33. The van der Waals surface area contributed by atoms with Crippen LogP contribution in [-0.4, -0.2) is 68.6 Å². The fourth-order valence-electron chi connectivity index (χ4n) is 3.78. The molecule has 0 aromatic heterocycles. The molecule has 30 heavy (non-hydrogen) atoms. The highest BCUT2D eigenvalue weighted by atomic mass is 32.2. The van der Waals surface area contributed by atoms with Gasteiger partial charge in [-0.1, -0.05) is 18.2 Å². The Hall–Kier alpha value is -2.10.